The number of anilines is 1. The van der Waals surface area contributed by atoms with E-state index in [1.165, 1.54) is 18.2 Å². The van der Waals surface area contributed by atoms with Crippen LogP contribution in [0.5, 0.6) is 0 Å². The van der Waals surface area contributed by atoms with Crippen molar-refractivity contribution in [3.63, 3.8) is 0 Å². The molecule has 1 aliphatic rings. The predicted molar refractivity (Wildman–Crippen MR) is 132 cm³/mol. The number of rotatable bonds is 7. The maximum absolute atomic E-state index is 13.2. The topological polar surface area (TPSA) is 91.6 Å². The Bertz CT molecular complexity index is 1170. The number of nitro benzene ring substituents is 1. The van der Waals surface area contributed by atoms with E-state index in [1.807, 2.05) is 25.1 Å². The molecule has 0 aliphatic carbocycles. The van der Waals surface area contributed by atoms with Gasteiger partial charge in [0.05, 0.1) is 16.7 Å². The average molecular weight is 478 g/mol. The SMILES string of the molecule is CC(Nc1ccc(C(=O)N2CCCN(Cc3ccc(F)cc3)CC2)cc1[N+](=O)[O-])c1ccccn1. The second-order valence-corrected chi connectivity index (χ2v) is 8.66. The molecule has 1 unspecified atom stereocenters. The fraction of sp³-hybridized carbons (Fsp3) is 0.308. The zero-order valence-electron chi connectivity index (χ0n) is 19.6. The second-order valence-electron chi connectivity index (χ2n) is 8.66. The monoisotopic (exact) mass is 477 g/mol. The summed E-state index contributed by atoms with van der Waals surface area (Å²) in [6, 6.07) is 16.3. The molecule has 3 aromatic rings. The molecule has 2 heterocycles. The second kappa shape index (κ2) is 11.1. The summed E-state index contributed by atoms with van der Waals surface area (Å²) in [4.78, 5) is 32.8. The van der Waals surface area contributed by atoms with Gasteiger partial charge in [-0.05, 0) is 55.3 Å². The summed E-state index contributed by atoms with van der Waals surface area (Å²) in [5, 5.41) is 14.9. The zero-order chi connectivity index (χ0) is 24.8. The van der Waals surface area contributed by atoms with Gasteiger partial charge in [-0.15, -0.1) is 0 Å². The zero-order valence-corrected chi connectivity index (χ0v) is 19.6. The first-order chi connectivity index (χ1) is 16.9. The molecular formula is C26H28FN5O3. The van der Waals surface area contributed by atoms with Gasteiger partial charge < -0.3 is 10.2 Å². The third kappa shape index (κ3) is 6.19. The van der Waals surface area contributed by atoms with Crippen molar-refractivity contribution in [2.24, 2.45) is 0 Å². The lowest BCUT2D eigenvalue weighted by molar-refractivity contribution is -0.384. The Morgan fingerprint density at radius 3 is 2.63 bits per heavy atom. The molecule has 1 N–H and O–H groups in total. The van der Waals surface area contributed by atoms with E-state index in [0.717, 1.165) is 24.2 Å². The van der Waals surface area contributed by atoms with Crippen LogP contribution >= 0.6 is 0 Å². The van der Waals surface area contributed by atoms with Crippen molar-refractivity contribution >= 4 is 17.3 Å². The summed E-state index contributed by atoms with van der Waals surface area (Å²) in [5.74, 6) is -0.482. The molecule has 8 nitrogen and oxygen atoms in total. The normalized spacial score (nSPS) is 15.3. The third-order valence-electron chi connectivity index (χ3n) is 6.14. The largest absolute Gasteiger partial charge is 0.371 e. The van der Waals surface area contributed by atoms with Crippen molar-refractivity contribution in [3.05, 3.63) is 99.6 Å². The van der Waals surface area contributed by atoms with Gasteiger partial charge in [-0.3, -0.25) is 24.8 Å². The molecule has 4 rings (SSSR count). The summed E-state index contributed by atoms with van der Waals surface area (Å²) in [5.41, 5.74) is 2.26. The average Bonchev–Trinajstić information content (AvgIpc) is 3.11. The fourth-order valence-electron chi connectivity index (χ4n) is 4.24. The van der Waals surface area contributed by atoms with Crippen LogP contribution in [-0.2, 0) is 6.54 Å². The molecule has 0 spiro atoms. The molecule has 2 aromatic carbocycles. The van der Waals surface area contributed by atoms with Gasteiger partial charge in [0.2, 0.25) is 0 Å². The van der Waals surface area contributed by atoms with Crippen LogP contribution in [-0.4, -0.2) is 51.8 Å². The minimum absolute atomic E-state index is 0.147. The van der Waals surface area contributed by atoms with E-state index in [-0.39, 0.29) is 23.5 Å². The highest BCUT2D eigenvalue weighted by atomic mass is 19.1. The number of benzene rings is 2. The number of pyridine rings is 1. The van der Waals surface area contributed by atoms with Crippen LogP contribution in [0.3, 0.4) is 0 Å². The van der Waals surface area contributed by atoms with Crippen molar-refractivity contribution < 1.29 is 14.1 Å². The Balaban J connectivity index is 1.43. The fourth-order valence-corrected chi connectivity index (χ4v) is 4.24. The van der Waals surface area contributed by atoms with Gasteiger partial charge in [-0.25, -0.2) is 4.39 Å². The van der Waals surface area contributed by atoms with Gasteiger partial charge in [0.15, 0.2) is 0 Å². The first kappa shape index (κ1) is 24.3. The molecular weight excluding hydrogens is 449 g/mol. The number of nitrogens with one attached hydrogen (secondary N) is 1. The smallest absolute Gasteiger partial charge is 0.293 e. The molecule has 1 aromatic heterocycles. The number of carbonyl (C=O) groups excluding carboxylic acids is 1. The number of amides is 1. The van der Waals surface area contributed by atoms with Crippen LogP contribution in [0, 0.1) is 15.9 Å². The van der Waals surface area contributed by atoms with E-state index in [1.54, 1.807) is 35.4 Å². The standard InChI is InChI=1S/C26H28FN5O3/c1-19(23-5-2-3-12-28-23)29-24-11-8-21(17-25(24)32(34)35)26(33)31-14-4-13-30(15-16-31)18-20-6-9-22(27)10-7-20/h2-3,5-12,17,19,29H,4,13-16,18H2,1H3. The van der Waals surface area contributed by atoms with Crippen LogP contribution in [0.4, 0.5) is 15.8 Å². The molecule has 182 valence electrons. The Morgan fingerprint density at radius 2 is 1.91 bits per heavy atom. The molecule has 1 fully saturated rings. The third-order valence-corrected chi connectivity index (χ3v) is 6.14. The van der Waals surface area contributed by atoms with Crippen LogP contribution in [0.15, 0.2) is 66.9 Å². The lowest BCUT2D eigenvalue weighted by Crippen LogP contribution is -2.35. The van der Waals surface area contributed by atoms with Gasteiger partial charge in [-0.1, -0.05) is 18.2 Å². The number of aromatic nitrogens is 1. The van der Waals surface area contributed by atoms with Crippen molar-refractivity contribution in [1.29, 1.82) is 0 Å². The van der Waals surface area contributed by atoms with Gasteiger partial charge in [0.1, 0.15) is 11.5 Å². The summed E-state index contributed by atoms with van der Waals surface area (Å²) in [6.45, 7) is 5.14. The van der Waals surface area contributed by atoms with Crippen molar-refractivity contribution in [2.75, 3.05) is 31.5 Å². The highest BCUT2D eigenvalue weighted by molar-refractivity contribution is 5.95. The molecule has 1 amide bonds. The van der Waals surface area contributed by atoms with E-state index in [4.69, 9.17) is 0 Å². The van der Waals surface area contributed by atoms with E-state index >= 15 is 0 Å². The molecule has 1 atom stereocenters. The number of nitro groups is 1. The van der Waals surface area contributed by atoms with E-state index in [2.05, 4.69) is 15.2 Å². The Labute approximate surface area is 203 Å². The lowest BCUT2D eigenvalue weighted by Gasteiger charge is -2.22. The predicted octanol–water partition coefficient (Wildman–Crippen LogP) is 4.65. The maximum Gasteiger partial charge on any atom is 0.293 e. The highest BCUT2D eigenvalue weighted by Crippen LogP contribution is 2.29. The summed E-state index contributed by atoms with van der Waals surface area (Å²) < 4.78 is 13.2. The van der Waals surface area contributed by atoms with Crippen LogP contribution in [0.25, 0.3) is 0 Å². The number of hydrogen-bond donors (Lipinski definition) is 1. The van der Waals surface area contributed by atoms with Gasteiger partial charge in [-0.2, -0.15) is 0 Å². The Kier molecular flexibility index (Phi) is 7.67. The van der Waals surface area contributed by atoms with Crippen molar-refractivity contribution in [1.82, 2.24) is 14.8 Å². The maximum atomic E-state index is 13.2. The number of nitrogens with zero attached hydrogens (tertiary/aromatic N) is 4. The van der Waals surface area contributed by atoms with Gasteiger partial charge in [0, 0.05) is 50.6 Å². The first-order valence-corrected chi connectivity index (χ1v) is 11.6. The molecule has 1 saturated heterocycles. The molecule has 0 radical (unpaired) electrons. The minimum Gasteiger partial charge on any atom is -0.371 e. The Hall–Kier alpha value is -3.85. The van der Waals surface area contributed by atoms with Crippen molar-refractivity contribution in [2.45, 2.75) is 25.9 Å². The Morgan fingerprint density at radius 1 is 1.11 bits per heavy atom. The molecule has 9 heteroatoms. The summed E-state index contributed by atoms with van der Waals surface area (Å²) in [6.07, 6.45) is 2.46. The van der Waals surface area contributed by atoms with Gasteiger partial charge in [0.25, 0.3) is 11.6 Å². The number of halogens is 1. The number of carbonyl (C=O) groups is 1. The van der Waals surface area contributed by atoms with Crippen molar-refractivity contribution in [3.8, 4) is 0 Å². The van der Waals surface area contributed by atoms with Gasteiger partial charge >= 0.3 is 0 Å². The lowest BCUT2D eigenvalue weighted by atomic mass is 10.1. The van der Waals surface area contributed by atoms with E-state index in [0.29, 0.717) is 37.4 Å². The number of hydrogen-bond acceptors (Lipinski definition) is 6. The van der Waals surface area contributed by atoms with Crippen LogP contribution in [0.1, 0.15) is 41.0 Å². The molecule has 1 aliphatic heterocycles. The highest BCUT2D eigenvalue weighted by Gasteiger charge is 2.24. The first-order valence-electron chi connectivity index (χ1n) is 11.6. The van der Waals surface area contributed by atoms with Crippen LogP contribution < -0.4 is 5.32 Å². The molecule has 35 heavy (non-hydrogen) atoms. The summed E-state index contributed by atoms with van der Waals surface area (Å²) in [7, 11) is 0. The quantitative estimate of drug-likeness (QED) is 0.393. The van der Waals surface area contributed by atoms with E-state index < -0.39 is 4.92 Å². The molecule has 0 saturated carbocycles. The molecule has 0 bridgehead atoms. The van der Waals surface area contributed by atoms with Crippen LogP contribution in [0.2, 0.25) is 0 Å². The van der Waals surface area contributed by atoms with E-state index in [9.17, 15) is 19.3 Å². The minimum atomic E-state index is -0.475. The summed E-state index contributed by atoms with van der Waals surface area (Å²) >= 11 is 0.